The summed E-state index contributed by atoms with van der Waals surface area (Å²) in [5, 5.41) is 2.09. The van der Waals surface area contributed by atoms with E-state index in [1.807, 2.05) is 18.2 Å². The Morgan fingerprint density at radius 1 is 1.17 bits per heavy atom. The van der Waals surface area contributed by atoms with Crippen LogP contribution in [0.25, 0.3) is 0 Å². The Bertz CT molecular complexity index is 542. The highest BCUT2D eigenvalue weighted by atomic mass is 32.1. The van der Waals surface area contributed by atoms with Crippen molar-refractivity contribution in [1.82, 2.24) is 0 Å². The molecule has 1 unspecified atom stereocenters. The molecular formula is C16H16OS. The Morgan fingerprint density at radius 3 is 2.89 bits per heavy atom. The van der Waals surface area contributed by atoms with Gasteiger partial charge in [0.05, 0.1) is 0 Å². The van der Waals surface area contributed by atoms with Crippen LogP contribution >= 0.6 is 11.3 Å². The average Bonchev–Trinajstić information content (AvgIpc) is 2.85. The molecule has 0 saturated carbocycles. The topological polar surface area (TPSA) is 17.1 Å². The average molecular weight is 256 g/mol. The number of Topliss-reactive ketones (excluding diaryl/α,β-unsaturated/α-hetero) is 1. The number of aryl methyl sites for hydroxylation is 1. The van der Waals surface area contributed by atoms with Crippen LogP contribution in [0.2, 0.25) is 0 Å². The van der Waals surface area contributed by atoms with Gasteiger partial charge in [0.15, 0.2) is 5.78 Å². The summed E-state index contributed by atoms with van der Waals surface area (Å²) in [6.07, 6.45) is 4.10. The number of carbonyl (C=O) groups excluding carboxylic acids is 1. The Hall–Kier alpha value is -1.41. The van der Waals surface area contributed by atoms with E-state index in [-0.39, 0.29) is 5.92 Å². The monoisotopic (exact) mass is 256 g/mol. The van der Waals surface area contributed by atoms with Gasteiger partial charge in [-0.15, -0.1) is 11.3 Å². The zero-order valence-electron chi connectivity index (χ0n) is 10.3. The number of thiophene rings is 1. The van der Waals surface area contributed by atoms with Crippen LogP contribution < -0.4 is 0 Å². The van der Waals surface area contributed by atoms with Gasteiger partial charge in [0.2, 0.25) is 0 Å². The summed E-state index contributed by atoms with van der Waals surface area (Å²) in [5.74, 6) is 0.517. The van der Waals surface area contributed by atoms with Crippen LogP contribution in [0.15, 0.2) is 41.8 Å². The van der Waals surface area contributed by atoms with E-state index >= 15 is 0 Å². The van der Waals surface area contributed by atoms with E-state index in [9.17, 15) is 4.79 Å². The fourth-order valence-electron chi connectivity index (χ4n) is 2.73. The third kappa shape index (κ3) is 2.25. The minimum absolute atomic E-state index is 0.173. The molecule has 2 heteroatoms. The Balaban J connectivity index is 1.87. The van der Waals surface area contributed by atoms with Crippen molar-refractivity contribution in [3.8, 4) is 0 Å². The minimum atomic E-state index is 0.173. The van der Waals surface area contributed by atoms with Crippen LogP contribution in [-0.4, -0.2) is 5.78 Å². The van der Waals surface area contributed by atoms with Crippen molar-refractivity contribution in [2.45, 2.75) is 25.7 Å². The zero-order chi connectivity index (χ0) is 12.4. The lowest BCUT2D eigenvalue weighted by molar-refractivity contribution is 0.0916. The predicted molar refractivity (Wildman–Crippen MR) is 75.2 cm³/mol. The molecule has 0 saturated heterocycles. The van der Waals surface area contributed by atoms with Gasteiger partial charge in [-0.05, 0) is 42.7 Å². The van der Waals surface area contributed by atoms with E-state index in [0.29, 0.717) is 5.78 Å². The number of carbonyl (C=O) groups is 1. The van der Waals surface area contributed by atoms with Crippen LogP contribution in [0.3, 0.4) is 0 Å². The van der Waals surface area contributed by atoms with Crippen molar-refractivity contribution >= 4 is 17.1 Å². The normalized spacial score (nSPS) is 19.3. The lowest BCUT2D eigenvalue weighted by Gasteiger charge is -2.12. The van der Waals surface area contributed by atoms with Gasteiger partial charge in [-0.1, -0.05) is 30.3 Å². The lowest BCUT2D eigenvalue weighted by Crippen LogP contribution is -2.16. The molecular weight excluding hydrogens is 240 g/mol. The van der Waals surface area contributed by atoms with Crippen LogP contribution in [0.5, 0.6) is 0 Å². The Kier molecular flexibility index (Phi) is 3.28. The van der Waals surface area contributed by atoms with Gasteiger partial charge >= 0.3 is 0 Å². The van der Waals surface area contributed by atoms with Gasteiger partial charge in [0, 0.05) is 16.4 Å². The van der Waals surface area contributed by atoms with Crippen molar-refractivity contribution in [1.29, 1.82) is 0 Å². The maximum Gasteiger partial charge on any atom is 0.166 e. The lowest BCUT2D eigenvalue weighted by atomic mass is 9.92. The number of fused-ring (bicyclic) bond motifs is 1. The van der Waals surface area contributed by atoms with Crippen molar-refractivity contribution in [3.63, 3.8) is 0 Å². The second-order valence-electron chi connectivity index (χ2n) is 4.89. The van der Waals surface area contributed by atoms with Gasteiger partial charge in [-0.25, -0.2) is 0 Å². The number of hydrogen-bond donors (Lipinski definition) is 0. The van der Waals surface area contributed by atoms with Crippen LogP contribution in [0, 0.1) is 5.92 Å². The third-order valence-electron chi connectivity index (χ3n) is 3.68. The molecule has 3 rings (SSSR count). The Morgan fingerprint density at radius 2 is 2.06 bits per heavy atom. The molecule has 1 nitrogen and oxygen atoms in total. The molecule has 1 heterocycles. The fraction of sp³-hybridized carbons (Fsp3) is 0.312. The van der Waals surface area contributed by atoms with Crippen LogP contribution in [0.4, 0.5) is 0 Å². The smallest absolute Gasteiger partial charge is 0.166 e. The van der Waals surface area contributed by atoms with Crippen LogP contribution in [-0.2, 0) is 12.8 Å². The van der Waals surface area contributed by atoms with Gasteiger partial charge < -0.3 is 0 Å². The molecule has 2 aromatic rings. The second kappa shape index (κ2) is 5.07. The predicted octanol–water partition coefficient (Wildman–Crippen LogP) is 4.13. The first kappa shape index (κ1) is 11.7. The summed E-state index contributed by atoms with van der Waals surface area (Å²) in [6, 6.07) is 12.3. The molecule has 1 aromatic heterocycles. The number of ketones is 1. The highest BCUT2D eigenvalue weighted by Crippen LogP contribution is 2.28. The van der Waals surface area contributed by atoms with E-state index in [1.165, 1.54) is 10.4 Å². The minimum Gasteiger partial charge on any atom is -0.294 e. The van der Waals surface area contributed by atoms with Crippen molar-refractivity contribution in [2.75, 3.05) is 0 Å². The van der Waals surface area contributed by atoms with E-state index in [1.54, 1.807) is 11.3 Å². The highest BCUT2D eigenvalue weighted by Gasteiger charge is 2.25. The molecule has 1 aromatic carbocycles. The molecule has 0 aliphatic heterocycles. The molecule has 0 fully saturated rings. The molecule has 0 bridgehead atoms. The summed E-state index contributed by atoms with van der Waals surface area (Å²) in [7, 11) is 0. The molecule has 0 N–H and O–H groups in total. The van der Waals surface area contributed by atoms with Gasteiger partial charge in [0.25, 0.3) is 0 Å². The quantitative estimate of drug-likeness (QED) is 0.738. The molecule has 0 spiro atoms. The van der Waals surface area contributed by atoms with E-state index in [2.05, 4.69) is 23.6 Å². The molecule has 0 amide bonds. The first-order chi connectivity index (χ1) is 8.84. The molecule has 18 heavy (non-hydrogen) atoms. The molecule has 1 atom stereocenters. The maximum atomic E-state index is 12.6. The first-order valence-corrected chi connectivity index (χ1v) is 7.37. The first-order valence-electron chi connectivity index (χ1n) is 6.49. The summed E-state index contributed by atoms with van der Waals surface area (Å²) in [5.41, 5.74) is 2.19. The largest absolute Gasteiger partial charge is 0.294 e. The standard InChI is InChI=1S/C16H16OS/c17-16-13(11-14-8-4-10-18-14)7-3-6-12-5-1-2-9-15(12)16/h1-2,4-5,8-10,13H,3,6-7,11H2. The fourth-order valence-corrected chi connectivity index (χ4v) is 3.52. The SMILES string of the molecule is O=C1c2ccccc2CCCC1Cc1cccs1. The van der Waals surface area contributed by atoms with E-state index in [4.69, 9.17) is 0 Å². The number of hydrogen-bond acceptors (Lipinski definition) is 2. The summed E-state index contributed by atoms with van der Waals surface area (Å²) in [6.45, 7) is 0. The second-order valence-corrected chi connectivity index (χ2v) is 5.93. The molecule has 0 radical (unpaired) electrons. The Labute approximate surface area is 111 Å². The maximum absolute atomic E-state index is 12.6. The molecule has 1 aliphatic carbocycles. The third-order valence-corrected chi connectivity index (χ3v) is 4.58. The summed E-state index contributed by atoms with van der Waals surface area (Å²) < 4.78 is 0. The van der Waals surface area contributed by atoms with E-state index in [0.717, 1.165) is 31.2 Å². The van der Waals surface area contributed by atoms with Crippen LogP contribution in [0.1, 0.15) is 33.6 Å². The zero-order valence-corrected chi connectivity index (χ0v) is 11.1. The van der Waals surface area contributed by atoms with Crippen molar-refractivity contribution in [2.24, 2.45) is 5.92 Å². The summed E-state index contributed by atoms with van der Waals surface area (Å²) >= 11 is 1.75. The summed E-state index contributed by atoms with van der Waals surface area (Å²) in [4.78, 5) is 13.9. The van der Waals surface area contributed by atoms with Gasteiger partial charge in [-0.2, -0.15) is 0 Å². The van der Waals surface area contributed by atoms with Crippen molar-refractivity contribution < 1.29 is 4.79 Å². The molecule has 1 aliphatic rings. The van der Waals surface area contributed by atoms with Gasteiger partial charge in [-0.3, -0.25) is 4.79 Å². The molecule has 92 valence electrons. The van der Waals surface area contributed by atoms with Crippen molar-refractivity contribution in [3.05, 3.63) is 57.8 Å². The number of benzene rings is 1. The van der Waals surface area contributed by atoms with Gasteiger partial charge in [0.1, 0.15) is 0 Å². The van der Waals surface area contributed by atoms with E-state index < -0.39 is 0 Å². The number of rotatable bonds is 2. The highest BCUT2D eigenvalue weighted by molar-refractivity contribution is 7.09.